The van der Waals surface area contributed by atoms with Crippen molar-refractivity contribution >= 4 is 37.8 Å². The minimum Gasteiger partial charge on any atom is -0.290 e. The van der Waals surface area contributed by atoms with E-state index in [0.717, 1.165) is 8.95 Å². The molecule has 1 amide bonds. The first-order valence-corrected chi connectivity index (χ1v) is 4.69. The Morgan fingerprint density at radius 2 is 2.00 bits per heavy atom. The Hall–Kier alpha value is -0.390. The molecular weight excluding hydrogens is 288 g/mol. The summed E-state index contributed by atoms with van der Waals surface area (Å²) in [6.45, 7) is 0. The molecule has 0 aromatic heterocycles. The number of rotatable bonds is 1. The standard InChI is InChI=1S/C7H6Br2N2O/c8-5-2-1-4(3-6(5)9)7(12)11-10/h1-3H,10H2,(H,11,12). The van der Waals surface area contributed by atoms with Gasteiger partial charge in [-0.05, 0) is 50.1 Å². The van der Waals surface area contributed by atoms with Crippen LogP contribution >= 0.6 is 31.9 Å². The van der Waals surface area contributed by atoms with Crippen LogP contribution in [-0.4, -0.2) is 5.91 Å². The lowest BCUT2D eigenvalue weighted by molar-refractivity contribution is 0.0953. The molecule has 0 atom stereocenters. The second-order valence-electron chi connectivity index (χ2n) is 2.10. The van der Waals surface area contributed by atoms with Crippen molar-refractivity contribution < 1.29 is 4.79 Å². The summed E-state index contributed by atoms with van der Waals surface area (Å²) in [7, 11) is 0. The van der Waals surface area contributed by atoms with Crippen molar-refractivity contribution in [1.29, 1.82) is 0 Å². The van der Waals surface area contributed by atoms with Crippen LogP contribution in [0.4, 0.5) is 0 Å². The number of halogens is 2. The predicted octanol–water partition coefficient (Wildman–Crippen LogP) is 1.82. The fraction of sp³-hybridized carbons (Fsp3) is 0. The summed E-state index contributed by atoms with van der Waals surface area (Å²) in [5, 5.41) is 0. The van der Waals surface area contributed by atoms with Crippen LogP contribution in [0.25, 0.3) is 0 Å². The van der Waals surface area contributed by atoms with Gasteiger partial charge in [-0.15, -0.1) is 0 Å². The number of hydrazine groups is 1. The number of hydrogen-bond donors (Lipinski definition) is 2. The van der Waals surface area contributed by atoms with Gasteiger partial charge in [-0.1, -0.05) is 0 Å². The van der Waals surface area contributed by atoms with Gasteiger partial charge in [0.05, 0.1) is 0 Å². The van der Waals surface area contributed by atoms with Crippen LogP contribution in [-0.2, 0) is 0 Å². The normalized spacial score (nSPS) is 9.58. The Morgan fingerprint density at radius 1 is 1.33 bits per heavy atom. The van der Waals surface area contributed by atoms with Crippen molar-refractivity contribution in [3.05, 3.63) is 32.7 Å². The highest BCUT2D eigenvalue weighted by Crippen LogP contribution is 2.23. The average Bonchev–Trinajstić information content (AvgIpc) is 2.08. The number of hydrogen-bond acceptors (Lipinski definition) is 2. The molecule has 0 bridgehead atoms. The van der Waals surface area contributed by atoms with Gasteiger partial charge in [-0.25, -0.2) is 5.84 Å². The molecule has 1 aromatic carbocycles. The van der Waals surface area contributed by atoms with E-state index in [1.165, 1.54) is 0 Å². The molecule has 0 saturated heterocycles. The quantitative estimate of drug-likeness (QED) is 0.471. The number of carbonyl (C=O) groups excluding carboxylic acids is 1. The zero-order chi connectivity index (χ0) is 9.14. The second kappa shape index (κ2) is 4.02. The summed E-state index contributed by atoms with van der Waals surface area (Å²) in [4.78, 5) is 11.0. The van der Waals surface area contributed by atoms with Crippen molar-refractivity contribution in [3.8, 4) is 0 Å². The van der Waals surface area contributed by atoms with E-state index in [0.29, 0.717) is 5.56 Å². The van der Waals surface area contributed by atoms with Gasteiger partial charge in [0.1, 0.15) is 0 Å². The Bertz CT molecular complexity index is 314. The van der Waals surface area contributed by atoms with Crippen molar-refractivity contribution in [1.82, 2.24) is 5.43 Å². The van der Waals surface area contributed by atoms with Crippen molar-refractivity contribution in [2.75, 3.05) is 0 Å². The third kappa shape index (κ3) is 2.06. The zero-order valence-electron chi connectivity index (χ0n) is 5.97. The lowest BCUT2D eigenvalue weighted by atomic mass is 10.2. The van der Waals surface area contributed by atoms with Crippen LogP contribution < -0.4 is 11.3 Å². The molecule has 12 heavy (non-hydrogen) atoms. The fourth-order valence-electron chi connectivity index (χ4n) is 0.721. The highest BCUT2D eigenvalue weighted by atomic mass is 79.9. The van der Waals surface area contributed by atoms with E-state index in [-0.39, 0.29) is 5.91 Å². The summed E-state index contributed by atoms with van der Waals surface area (Å²) in [5.74, 6) is 4.66. The molecule has 0 saturated carbocycles. The summed E-state index contributed by atoms with van der Waals surface area (Å²) >= 11 is 6.57. The third-order valence-electron chi connectivity index (χ3n) is 1.31. The van der Waals surface area contributed by atoms with Crippen LogP contribution in [0.2, 0.25) is 0 Å². The smallest absolute Gasteiger partial charge is 0.265 e. The first-order valence-electron chi connectivity index (χ1n) is 3.11. The first-order chi connectivity index (χ1) is 5.65. The van der Waals surface area contributed by atoms with Crippen molar-refractivity contribution in [2.24, 2.45) is 5.84 Å². The largest absolute Gasteiger partial charge is 0.290 e. The maximum absolute atomic E-state index is 11.0. The van der Waals surface area contributed by atoms with E-state index in [4.69, 9.17) is 5.84 Å². The van der Waals surface area contributed by atoms with Gasteiger partial charge >= 0.3 is 0 Å². The van der Waals surface area contributed by atoms with Crippen LogP contribution in [0.1, 0.15) is 10.4 Å². The van der Waals surface area contributed by atoms with Gasteiger partial charge in [-0.2, -0.15) is 0 Å². The molecule has 0 fully saturated rings. The maximum Gasteiger partial charge on any atom is 0.265 e. The average molecular weight is 294 g/mol. The summed E-state index contributed by atoms with van der Waals surface area (Å²) < 4.78 is 1.72. The molecular formula is C7H6Br2N2O. The number of benzene rings is 1. The van der Waals surface area contributed by atoms with Crippen LogP contribution in [0.5, 0.6) is 0 Å². The molecule has 0 aliphatic carbocycles. The van der Waals surface area contributed by atoms with E-state index in [1.807, 2.05) is 0 Å². The zero-order valence-corrected chi connectivity index (χ0v) is 9.15. The summed E-state index contributed by atoms with van der Waals surface area (Å²) in [5.41, 5.74) is 2.57. The monoisotopic (exact) mass is 292 g/mol. The number of nitrogens with one attached hydrogen (secondary N) is 1. The molecule has 1 aromatic rings. The van der Waals surface area contributed by atoms with Crippen LogP contribution in [0, 0.1) is 0 Å². The SMILES string of the molecule is NNC(=O)c1ccc(Br)c(Br)c1. The van der Waals surface area contributed by atoms with E-state index in [2.05, 4.69) is 37.3 Å². The Morgan fingerprint density at radius 3 is 2.50 bits per heavy atom. The molecule has 0 radical (unpaired) electrons. The Kier molecular flexibility index (Phi) is 3.25. The number of nitrogens with two attached hydrogens (primary N) is 1. The number of amides is 1. The van der Waals surface area contributed by atoms with E-state index < -0.39 is 0 Å². The van der Waals surface area contributed by atoms with Gasteiger partial charge in [0.25, 0.3) is 5.91 Å². The highest BCUT2D eigenvalue weighted by Gasteiger charge is 2.04. The molecule has 1 rings (SSSR count). The molecule has 0 aliphatic rings. The van der Waals surface area contributed by atoms with E-state index in [9.17, 15) is 4.79 Å². The molecule has 3 nitrogen and oxygen atoms in total. The molecule has 5 heteroatoms. The molecule has 0 heterocycles. The lowest BCUT2D eigenvalue weighted by Crippen LogP contribution is -2.29. The van der Waals surface area contributed by atoms with Gasteiger partial charge in [-0.3, -0.25) is 10.2 Å². The fourth-order valence-corrected chi connectivity index (χ4v) is 1.35. The highest BCUT2D eigenvalue weighted by molar-refractivity contribution is 9.13. The predicted molar refractivity (Wildman–Crippen MR) is 53.5 cm³/mol. The summed E-state index contributed by atoms with van der Waals surface area (Å²) in [6, 6.07) is 5.14. The number of carbonyl (C=O) groups is 1. The molecule has 0 unspecified atom stereocenters. The third-order valence-corrected chi connectivity index (χ3v) is 3.19. The van der Waals surface area contributed by atoms with Crippen molar-refractivity contribution in [3.63, 3.8) is 0 Å². The van der Waals surface area contributed by atoms with E-state index in [1.54, 1.807) is 18.2 Å². The lowest BCUT2D eigenvalue weighted by Gasteiger charge is -2.00. The molecule has 3 N–H and O–H groups in total. The second-order valence-corrected chi connectivity index (χ2v) is 3.81. The molecule has 0 aliphatic heterocycles. The molecule has 0 spiro atoms. The minimum atomic E-state index is -0.303. The number of nitrogen functional groups attached to an aromatic ring is 1. The Labute approximate surface area is 86.6 Å². The van der Waals surface area contributed by atoms with Crippen molar-refractivity contribution in [2.45, 2.75) is 0 Å². The van der Waals surface area contributed by atoms with Crippen LogP contribution in [0.15, 0.2) is 27.1 Å². The minimum absolute atomic E-state index is 0.303. The van der Waals surface area contributed by atoms with Gasteiger partial charge < -0.3 is 0 Å². The Balaban J connectivity index is 3.05. The maximum atomic E-state index is 11.0. The van der Waals surface area contributed by atoms with Gasteiger partial charge in [0.2, 0.25) is 0 Å². The summed E-state index contributed by atoms with van der Waals surface area (Å²) in [6.07, 6.45) is 0. The molecule has 64 valence electrons. The topological polar surface area (TPSA) is 55.1 Å². The van der Waals surface area contributed by atoms with Gasteiger partial charge in [0.15, 0.2) is 0 Å². The van der Waals surface area contributed by atoms with Gasteiger partial charge in [0, 0.05) is 14.5 Å². The van der Waals surface area contributed by atoms with E-state index >= 15 is 0 Å². The van der Waals surface area contributed by atoms with Crippen LogP contribution in [0.3, 0.4) is 0 Å². The first kappa shape index (κ1) is 9.70.